The molecule has 0 aliphatic heterocycles. The molecular formula is C14H23NO4. The highest BCUT2D eigenvalue weighted by Gasteiger charge is 1.99. The molecule has 5 nitrogen and oxygen atoms in total. The molecule has 3 N–H and O–H groups in total. The van der Waals surface area contributed by atoms with Gasteiger partial charge >= 0.3 is 0 Å². The number of hydrogen-bond donors (Lipinski definition) is 2. The third kappa shape index (κ3) is 7.12. The summed E-state index contributed by atoms with van der Waals surface area (Å²) < 4.78 is 16.1. The molecule has 0 bridgehead atoms. The quantitative estimate of drug-likeness (QED) is 0.616. The summed E-state index contributed by atoms with van der Waals surface area (Å²) in [7, 11) is 0. The van der Waals surface area contributed by atoms with Gasteiger partial charge in [0.15, 0.2) is 0 Å². The Kier molecular flexibility index (Phi) is 8.16. The van der Waals surface area contributed by atoms with E-state index in [0.717, 1.165) is 16.9 Å². The zero-order chi connectivity index (χ0) is 13.9. The largest absolute Gasteiger partial charge is 0.491 e. The Bertz CT molecular complexity index is 357. The second kappa shape index (κ2) is 9.75. The van der Waals surface area contributed by atoms with Crippen LogP contribution < -0.4 is 10.5 Å². The van der Waals surface area contributed by atoms with Crippen LogP contribution in [-0.2, 0) is 16.1 Å². The summed E-state index contributed by atoms with van der Waals surface area (Å²) in [6.07, 6.45) is 0. The normalized spacial score (nSPS) is 10.7. The lowest BCUT2D eigenvalue weighted by Crippen LogP contribution is -2.14. The molecule has 0 aliphatic rings. The molecule has 0 saturated carbocycles. The fourth-order valence-corrected chi connectivity index (χ4v) is 1.62. The number of nitrogens with two attached hydrogens (primary N) is 1. The summed E-state index contributed by atoms with van der Waals surface area (Å²) in [5.74, 6) is 0.757. The lowest BCUT2D eigenvalue weighted by atomic mass is 10.1. The van der Waals surface area contributed by atoms with E-state index in [9.17, 15) is 0 Å². The number of aliphatic hydroxyl groups is 1. The number of aryl methyl sites for hydroxylation is 1. The first-order valence-corrected chi connectivity index (χ1v) is 6.46. The highest BCUT2D eigenvalue weighted by atomic mass is 16.5. The van der Waals surface area contributed by atoms with E-state index in [-0.39, 0.29) is 6.61 Å². The van der Waals surface area contributed by atoms with Crippen LogP contribution in [0.5, 0.6) is 5.75 Å². The van der Waals surface area contributed by atoms with Gasteiger partial charge in [-0.05, 0) is 30.2 Å². The molecule has 5 heteroatoms. The molecule has 0 aliphatic carbocycles. The van der Waals surface area contributed by atoms with Crippen LogP contribution in [-0.4, -0.2) is 44.7 Å². The molecule has 1 rings (SSSR count). The molecule has 0 radical (unpaired) electrons. The Balaban J connectivity index is 2.13. The van der Waals surface area contributed by atoms with E-state index in [4.69, 9.17) is 25.1 Å². The van der Waals surface area contributed by atoms with Crippen molar-refractivity contribution in [3.8, 4) is 5.75 Å². The molecule has 1 aromatic carbocycles. The molecule has 19 heavy (non-hydrogen) atoms. The van der Waals surface area contributed by atoms with Gasteiger partial charge in [-0.15, -0.1) is 0 Å². The average Bonchev–Trinajstić information content (AvgIpc) is 2.41. The van der Waals surface area contributed by atoms with E-state index in [0.29, 0.717) is 39.6 Å². The minimum atomic E-state index is 0.0209. The van der Waals surface area contributed by atoms with E-state index in [1.165, 1.54) is 0 Å². The van der Waals surface area contributed by atoms with Crippen LogP contribution in [0, 0.1) is 6.92 Å². The van der Waals surface area contributed by atoms with Gasteiger partial charge < -0.3 is 25.1 Å². The molecule has 0 spiro atoms. The zero-order valence-electron chi connectivity index (χ0n) is 11.4. The van der Waals surface area contributed by atoms with Crippen molar-refractivity contribution in [2.45, 2.75) is 13.5 Å². The first kappa shape index (κ1) is 15.9. The van der Waals surface area contributed by atoms with Gasteiger partial charge in [0.25, 0.3) is 0 Å². The van der Waals surface area contributed by atoms with Crippen molar-refractivity contribution in [1.82, 2.24) is 0 Å². The van der Waals surface area contributed by atoms with Gasteiger partial charge in [-0.25, -0.2) is 0 Å². The number of benzene rings is 1. The maximum atomic E-state index is 9.10. The van der Waals surface area contributed by atoms with Gasteiger partial charge in [-0.3, -0.25) is 0 Å². The van der Waals surface area contributed by atoms with Crippen LogP contribution in [0.15, 0.2) is 18.2 Å². The molecule has 0 amide bonds. The lowest BCUT2D eigenvalue weighted by Gasteiger charge is -2.09. The predicted molar refractivity (Wildman–Crippen MR) is 73.3 cm³/mol. The molecular weight excluding hydrogens is 246 g/mol. The number of aliphatic hydroxyl groups excluding tert-OH is 1. The monoisotopic (exact) mass is 269 g/mol. The molecule has 108 valence electrons. The summed E-state index contributed by atoms with van der Waals surface area (Å²) in [6, 6.07) is 5.69. The minimum Gasteiger partial charge on any atom is -0.491 e. The summed E-state index contributed by atoms with van der Waals surface area (Å²) >= 11 is 0. The van der Waals surface area contributed by atoms with Gasteiger partial charge in [-0.2, -0.15) is 0 Å². The molecule has 0 atom stereocenters. The fourth-order valence-electron chi connectivity index (χ4n) is 1.62. The maximum absolute atomic E-state index is 9.10. The number of hydrogen-bond acceptors (Lipinski definition) is 5. The van der Waals surface area contributed by atoms with Crippen LogP contribution in [0.25, 0.3) is 0 Å². The molecule has 0 saturated heterocycles. The van der Waals surface area contributed by atoms with Gasteiger partial charge in [0.05, 0.1) is 33.0 Å². The number of ether oxygens (including phenoxy) is 3. The second-order valence-electron chi connectivity index (χ2n) is 4.17. The highest BCUT2D eigenvalue weighted by molar-refractivity contribution is 5.33. The summed E-state index contributed by atoms with van der Waals surface area (Å²) in [5, 5.41) is 9.10. The second-order valence-corrected chi connectivity index (χ2v) is 4.17. The molecule has 1 aromatic rings. The smallest absolute Gasteiger partial charge is 0.120 e. The Labute approximate surface area is 114 Å². The first-order valence-electron chi connectivity index (χ1n) is 6.46. The van der Waals surface area contributed by atoms with Crippen molar-refractivity contribution in [2.75, 3.05) is 39.6 Å². The van der Waals surface area contributed by atoms with Crippen molar-refractivity contribution in [1.29, 1.82) is 0 Å². The van der Waals surface area contributed by atoms with Crippen LogP contribution in [0.2, 0.25) is 0 Å². The summed E-state index contributed by atoms with van der Waals surface area (Å²) in [4.78, 5) is 0. The van der Waals surface area contributed by atoms with Crippen molar-refractivity contribution in [3.63, 3.8) is 0 Å². The Morgan fingerprint density at radius 3 is 2.37 bits per heavy atom. The highest BCUT2D eigenvalue weighted by Crippen LogP contribution is 2.16. The van der Waals surface area contributed by atoms with E-state index in [1.807, 2.05) is 25.1 Å². The predicted octanol–water partition coefficient (Wildman–Crippen LogP) is 0.858. The van der Waals surface area contributed by atoms with Crippen LogP contribution in [0.3, 0.4) is 0 Å². The third-order valence-corrected chi connectivity index (χ3v) is 2.42. The van der Waals surface area contributed by atoms with Gasteiger partial charge in [0.1, 0.15) is 12.4 Å². The van der Waals surface area contributed by atoms with Gasteiger partial charge in [-0.1, -0.05) is 6.07 Å². The van der Waals surface area contributed by atoms with Crippen LogP contribution >= 0.6 is 0 Å². The van der Waals surface area contributed by atoms with E-state index in [1.54, 1.807) is 0 Å². The lowest BCUT2D eigenvalue weighted by molar-refractivity contribution is 0.0388. The maximum Gasteiger partial charge on any atom is 0.120 e. The minimum absolute atomic E-state index is 0.0209. The summed E-state index contributed by atoms with van der Waals surface area (Å²) in [6.45, 7) is 5.16. The zero-order valence-corrected chi connectivity index (χ0v) is 11.4. The van der Waals surface area contributed by atoms with Crippen LogP contribution in [0.1, 0.15) is 11.1 Å². The Morgan fingerprint density at radius 1 is 1.00 bits per heavy atom. The van der Waals surface area contributed by atoms with E-state index in [2.05, 4.69) is 0 Å². The SMILES string of the molecule is Cc1cc(CO)cc(OCCOCCOCCN)c1. The van der Waals surface area contributed by atoms with Gasteiger partial charge in [0.2, 0.25) is 0 Å². The van der Waals surface area contributed by atoms with Crippen molar-refractivity contribution in [3.05, 3.63) is 29.3 Å². The molecule has 0 fully saturated rings. The number of rotatable bonds is 10. The Hall–Kier alpha value is -1.14. The van der Waals surface area contributed by atoms with Gasteiger partial charge in [0, 0.05) is 6.54 Å². The molecule has 0 heterocycles. The average molecular weight is 269 g/mol. The van der Waals surface area contributed by atoms with Crippen LogP contribution in [0.4, 0.5) is 0 Å². The molecule has 0 unspecified atom stereocenters. The molecule has 0 aromatic heterocycles. The fraction of sp³-hybridized carbons (Fsp3) is 0.571. The standard InChI is InChI=1S/C14H23NO4/c1-12-8-13(11-16)10-14(9-12)19-7-6-18-5-4-17-3-2-15/h8-10,16H,2-7,11,15H2,1H3. The summed E-state index contributed by atoms with van der Waals surface area (Å²) in [5.41, 5.74) is 7.21. The van der Waals surface area contributed by atoms with Crippen molar-refractivity contribution >= 4 is 0 Å². The van der Waals surface area contributed by atoms with E-state index < -0.39 is 0 Å². The topological polar surface area (TPSA) is 73.9 Å². The van der Waals surface area contributed by atoms with Crippen molar-refractivity contribution < 1.29 is 19.3 Å². The van der Waals surface area contributed by atoms with E-state index >= 15 is 0 Å². The Morgan fingerprint density at radius 2 is 1.68 bits per heavy atom. The van der Waals surface area contributed by atoms with Crippen molar-refractivity contribution in [2.24, 2.45) is 5.73 Å². The first-order chi connectivity index (χ1) is 9.26. The third-order valence-electron chi connectivity index (χ3n) is 2.42.